The fraction of sp³-hybridized carbons (Fsp3) is 0.188. The van der Waals surface area contributed by atoms with Gasteiger partial charge in [0.1, 0.15) is 17.7 Å². The van der Waals surface area contributed by atoms with E-state index in [-0.39, 0.29) is 17.7 Å². The van der Waals surface area contributed by atoms with E-state index in [2.05, 4.69) is 0 Å². The number of hydrogen-bond donors (Lipinski definition) is 1. The summed E-state index contributed by atoms with van der Waals surface area (Å²) in [7, 11) is -4.00. The molecule has 0 heterocycles. The third-order valence-electron chi connectivity index (χ3n) is 3.38. The molecule has 8 heteroatoms. The number of benzene rings is 2. The Morgan fingerprint density at radius 2 is 1.71 bits per heavy atom. The summed E-state index contributed by atoms with van der Waals surface area (Å²) in [5, 5.41) is 9.47. The highest BCUT2D eigenvalue weighted by Gasteiger charge is 2.33. The smallest absolute Gasteiger partial charge is 0.327 e. The fourth-order valence-corrected chi connectivity index (χ4v) is 3.46. The number of aliphatic carboxylic acids is 1. The zero-order valence-corrected chi connectivity index (χ0v) is 13.5. The van der Waals surface area contributed by atoms with E-state index in [1.54, 1.807) is 0 Å². The van der Waals surface area contributed by atoms with Gasteiger partial charge in [0.05, 0.1) is 11.9 Å². The molecule has 2 rings (SSSR count). The van der Waals surface area contributed by atoms with Gasteiger partial charge < -0.3 is 5.11 Å². The van der Waals surface area contributed by atoms with Gasteiger partial charge in [0.25, 0.3) is 0 Å². The standard InChI is InChI=1S/C16H15F2NO4S/c1-24(22,23)19(13-8-6-12(17)7-9-13)15(16(20)21)10-11-4-2-3-5-14(11)18/h2-9,15H,10H2,1H3,(H,20,21). The molecule has 2 aromatic rings. The molecule has 0 radical (unpaired) electrons. The molecular formula is C16H15F2NO4S. The van der Waals surface area contributed by atoms with Gasteiger partial charge in [0.15, 0.2) is 0 Å². The first-order valence-corrected chi connectivity index (χ1v) is 8.76. The zero-order valence-electron chi connectivity index (χ0n) is 12.7. The van der Waals surface area contributed by atoms with Crippen molar-refractivity contribution in [1.29, 1.82) is 0 Å². The lowest BCUT2D eigenvalue weighted by molar-refractivity contribution is -0.138. The monoisotopic (exact) mass is 355 g/mol. The van der Waals surface area contributed by atoms with E-state index in [4.69, 9.17) is 0 Å². The SMILES string of the molecule is CS(=O)(=O)N(c1ccc(F)cc1)C(Cc1ccccc1F)C(=O)O. The maximum absolute atomic E-state index is 13.8. The minimum atomic E-state index is -4.00. The molecule has 0 aromatic heterocycles. The lowest BCUT2D eigenvalue weighted by Crippen LogP contribution is -2.46. The van der Waals surface area contributed by atoms with Crippen LogP contribution in [0.2, 0.25) is 0 Å². The van der Waals surface area contributed by atoms with Crippen molar-refractivity contribution in [3.05, 3.63) is 65.7 Å². The third kappa shape index (κ3) is 4.08. The molecule has 0 saturated carbocycles. The number of carbonyl (C=O) groups is 1. The third-order valence-corrected chi connectivity index (χ3v) is 4.56. The second-order valence-corrected chi connectivity index (χ2v) is 7.04. The first kappa shape index (κ1) is 17.9. The Bertz CT molecular complexity index is 837. The number of nitrogens with zero attached hydrogens (tertiary/aromatic N) is 1. The Kier molecular flexibility index (Phi) is 5.18. The number of sulfonamides is 1. The van der Waals surface area contributed by atoms with E-state index in [0.717, 1.165) is 36.6 Å². The quantitative estimate of drug-likeness (QED) is 0.864. The van der Waals surface area contributed by atoms with E-state index >= 15 is 0 Å². The van der Waals surface area contributed by atoms with Gasteiger partial charge >= 0.3 is 5.97 Å². The summed E-state index contributed by atoms with van der Waals surface area (Å²) < 4.78 is 51.8. The Balaban J connectivity index is 2.49. The summed E-state index contributed by atoms with van der Waals surface area (Å²) in [5.74, 6) is -2.66. The van der Waals surface area contributed by atoms with E-state index in [1.165, 1.54) is 18.2 Å². The van der Waals surface area contributed by atoms with E-state index < -0.39 is 33.7 Å². The molecule has 0 aliphatic heterocycles. The van der Waals surface area contributed by atoms with E-state index in [9.17, 15) is 27.1 Å². The predicted molar refractivity (Wildman–Crippen MR) is 85.3 cm³/mol. The first-order valence-electron chi connectivity index (χ1n) is 6.91. The van der Waals surface area contributed by atoms with Crippen molar-refractivity contribution in [2.45, 2.75) is 12.5 Å². The Morgan fingerprint density at radius 1 is 1.12 bits per heavy atom. The number of anilines is 1. The summed E-state index contributed by atoms with van der Waals surface area (Å²) in [6.07, 6.45) is 0.472. The van der Waals surface area contributed by atoms with Crippen molar-refractivity contribution >= 4 is 21.7 Å². The molecule has 0 spiro atoms. The molecule has 2 aromatic carbocycles. The molecule has 1 atom stereocenters. The van der Waals surface area contributed by atoms with Crippen LogP contribution in [0.4, 0.5) is 14.5 Å². The maximum Gasteiger partial charge on any atom is 0.327 e. The second kappa shape index (κ2) is 6.96. The highest BCUT2D eigenvalue weighted by atomic mass is 32.2. The van der Waals surface area contributed by atoms with Crippen LogP contribution in [-0.2, 0) is 21.2 Å². The van der Waals surface area contributed by atoms with Crippen LogP contribution in [0.15, 0.2) is 48.5 Å². The van der Waals surface area contributed by atoms with Gasteiger partial charge in [-0.1, -0.05) is 18.2 Å². The van der Waals surface area contributed by atoms with Crippen molar-refractivity contribution in [1.82, 2.24) is 0 Å². The fourth-order valence-electron chi connectivity index (χ4n) is 2.33. The molecule has 0 aliphatic carbocycles. The molecule has 5 nitrogen and oxygen atoms in total. The van der Waals surface area contributed by atoms with Crippen LogP contribution in [0.25, 0.3) is 0 Å². The van der Waals surface area contributed by atoms with Crippen LogP contribution in [-0.4, -0.2) is 31.8 Å². The lowest BCUT2D eigenvalue weighted by Gasteiger charge is -2.29. The molecule has 0 saturated heterocycles. The van der Waals surface area contributed by atoms with Gasteiger partial charge in [-0.3, -0.25) is 4.31 Å². The van der Waals surface area contributed by atoms with Gasteiger partial charge in [0, 0.05) is 6.42 Å². The van der Waals surface area contributed by atoms with Crippen molar-refractivity contribution < 1.29 is 27.1 Å². The van der Waals surface area contributed by atoms with Crippen LogP contribution >= 0.6 is 0 Å². The first-order chi connectivity index (χ1) is 11.2. The Labute approximate surface area is 138 Å². The van der Waals surface area contributed by atoms with Gasteiger partial charge in [-0.15, -0.1) is 0 Å². The predicted octanol–water partition coefficient (Wildman–Crippen LogP) is 2.43. The molecule has 1 N–H and O–H groups in total. The highest BCUT2D eigenvalue weighted by Crippen LogP contribution is 2.24. The molecule has 0 bridgehead atoms. The summed E-state index contributed by atoms with van der Waals surface area (Å²) in [6.45, 7) is 0. The molecule has 24 heavy (non-hydrogen) atoms. The minimum absolute atomic E-state index is 0.0114. The highest BCUT2D eigenvalue weighted by molar-refractivity contribution is 7.92. The summed E-state index contributed by atoms with van der Waals surface area (Å²) in [5.41, 5.74) is 0.0586. The number of hydrogen-bond acceptors (Lipinski definition) is 3. The van der Waals surface area contributed by atoms with Crippen LogP contribution in [0, 0.1) is 11.6 Å². The van der Waals surface area contributed by atoms with Crippen LogP contribution < -0.4 is 4.31 Å². The van der Waals surface area contributed by atoms with Crippen molar-refractivity contribution in [3.8, 4) is 0 Å². The molecule has 0 aliphatic rings. The topological polar surface area (TPSA) is 74.7 Å². The Morgan fingerprint density at radius 3 is 2.21 bits per heavy atom. The van der Waals surface area contributed by atoms with E-state index in [1.807, 2.05) is 0 Å². The maximum atomic E-state index is 13.8. The minimum Gasteiger partial charge on any atom is -0.480 e. The average Bonchev–Trinajstić information content (AvgIpc) is 2.49. The molecule has 128 valence electrons. The van der Waals surface area contributed by atoms with Crippen molar-refractivity contribution in [2.24, 2.45) is 0 Å². The number of carboxylic acid groups (broad SMARTS) is 1. The normalized spacial score (nSPS) is 12.6. The lowest BCUT2D eigenvalue weighted by atomic mass is 10.0. The average molecular weight is 355 g/mol. The molecule has 0 fully saturated rings. The second-order valence-electron chi connectivity index (χ2n) is 5.18. The van der Waals surface area contributed by atoms with Gasteiger partial charge in [-0.25, -0.2) is 22.0 Å². The van der Waals surface area contributed by atoms with Crippen LogP contribution in [0.5, 0.6) is 0 Å². The van der Waals surface area contributed by atoms with Gasteiger partial charge in [-0.05, 0) is 35.9 Å². The van der Waals surface area contributed by atoms with Gasteiger partial charge in [-0.2, -0.15) is 0 Å². The number of rotatable bonds is 6. The summed E-state index contributed by atoms with van der Waals surface area (Å²) in [4.78, 5) is 11.6. The van der Waals surface area contributed by atoms with Crippen molar-refractivity contribution in [3.63, 3.8) is 0 Å². The van der Waals surface area contributed by atoms with Gasteiger partial charge in [0.2, 0.25) is 10.0 Å². The number of carboxylic acids is 1. The van der Waals surface area contributed by atoms with Crippen LogP contribution in [0.3, 0.4) is 0 Å². The van der Waals surface area contributed by atoms with Crippen LogP contribution in [0.1, 0.15) is 5.56 Å². The van der Waals surface area contributed by atoms with E-state index in [0.29, 0.717) is 4.31 Å². The number of halogens is 2. The van der Waals surface area contributed by atoms with Crippen molar-refractivity contribution in [2.75, 3.05) is 10.6 Å². The molecular weight excluding hydrogens is 340 g/mol. The molecule has 0 amide bonds. The molecule has 1 unspecified atom stereocenters. The zero-order chi connectivity index (χ0) is 17.9. The largest absolute Gasteiger partial charge is 0.480 e. The summed E-state index contributed by atoms with van der Waals surface area (Å²) in [6, 6.07) is 8.32. The summed E-state index contributed by atoms with van der Waals surface area (Å²) >= 11 is 0. The Hall–Kier alpha value is -2.48.